The van der Waals surface area contributed by atoms with E-state index in [2.05, 4.69) is 5.32 Å². The lowest BCUT2D eigenvalue weighted by Gasteiger charge is -2.58. The number of hydrogen-bond donors (Lipinski definition) is 2. The van der Waals surface area contributed by atoms with Crippen LogP contribution in [0.4, 0.5) is 0 Å². The van der Waals surface area contributed by atoms with E-state index < -0.39 is 21.2 Å². The minimum atomic E-state index is -3.84. The molecule has 0 spiro atoms. The molecule has 0 aromatic heterocycles. The Balaban J connectivity index is 1.25. The number of nitrogens with one attached hydrogen (secondary N) is 1. The van der Waals surface area contributed by atoms with Gasteiger partial charge in [-0.25, -0.2) is 8.42 Å². The summed E-state index contributed by atoms with van der Waals surface area (Å²) in [6.07, 6.45) is 6.15. The Bertz CT molecular complexity index is 1230. The molecule has 5 aliphatic rings. The van der Waals surface area contributed by atoms with E-state index in [0.717, 1.165) is 43.2 Å². The van der Waals surface area contributed by atoms with Gasteiger partial charge in [-0.05, 0) is 92.4 Å². The Labute approximate surface area is 214 Å². The smallest absolute Gasteiger partial charge is 0.244 e. The molecule has 1 amide bonds. The first kappa shape index (κ1) is 24.1. The van der Waals surface area contributed by atoms with Crippen LogP contribution in [0.3, 0.4) is 0 Å². The summed E-state index contributed by atoms with van der Waals surface area (Å²) in [5.74, 6) is 0.978. The van der Waals surface area contributed by atoms with Gasteiger partial charge in [0, 0.05) is 12.6 Å². The molecule has 1 aliphatic heterocycles. The van der Waals surface area contributed by atoms with Crippen molar-refractivity contribution in [3.63, 3.8) is 0 Å². The Morgan fingerprint density at radius 3 is 2.25 bits per heavy atom. The van der Waals surface area contributed by atoms with Crippen LogP contribution in [0.15, 0.2) is 59.5 Å². The van der Waals surface area contributed by atoms with Crippen LogP contribution in [0, 0.1) is 17.8 Å². The zero-order valence-electron chi connectivity index (χ0n) is 20.9. The first-order valence-electron chi connectivity index (χ1n) is 13.5. The molecule has 192 valence electrons. The molecule has 2 N–H and O–H groups in total. The number of amides is 1. The number of carbonyl (C=O) groups is 1. The molecule has 1 heterocycles. The maximum absolute atomic E-state index is 13.9. The first-order chi connectivity index (χ1) is 17.2. The van der Waals surface area contributed by atoms with Gasteiger partial charge in [-0.15, -0.1) is 0 Å². The third-order valence-corrected chi connectivity index (χ3v) is 11.5. The molecular weight excluding hydrogens is 472 g/mol. The highest BCUT2D eigenvalue weighted by Gasteiger charge is 2.57. The second kappa shape index (κ2) is 8.67. The molecule has 0 radical (unpaired) electrons. The topological polar surface area (TPSA) is 86.7 Å². The summed E-state index contributed by atoms with van der Waals surface area (Å²) in [6, 6.07) is 16.9. The second-order valence-corrected chi connectivity index (χ2v) is 13.5. The molecule has 1 saturated heterocycles. The summed E-state index contributed by atoms with van der Waals surface area (Å²) in [6.45, 7) is 2.27. The van der Waals surface area contributed by atoms with Gasteiger partial charge in [-0.1, -0.05) is 49.4 Å². The highest BCUT2D eigenvalue weighted by molar-refractivity contribution is 7.89. The van der Waals surface area contributed by atoms with Crippen LogP contribution in [0.5, 0.6) is 0 Å². The van der Waals surface area contributed by atoms with E-state index in [1.165, 1.54) is 4.31 Å². The molecule has 4 bridgehead atoms. The van der Waals surface area contributed by atoms with Gasteiger partial charge in [0.1, 0.15) is 5.54 Å². The van der Waals surface area contributed by atoms with Crippen LogP contribution >= 0.6 is 0 Å². The van der Waals surface area contributed by atoms with Gasteiger partial charge in [0.15, 0.2) is 0 Å². The normalized spacial score (nSPS) is 35.7. The predicted octanol–water partition coefficient (Wildman–Crippen LogP) is 4.34. The van der Waals surface area contributed by atoms with E-state index in [-0.39, 0.29) is 28.7 Å². The third kappa shape index (κ3) is 3.82. The fourth-order valence-electron chi connectivity index (χ4n) is 8.02. The van der Waals surface area contributed by atoms with Gasteiger partial charge in [-0.3, -0.25) is 4.79 Å². The zero-order valence-corrected chi connectivity index (χ0v) is 21.7. The average Bonchev–Trinajstić information content (AvgIpc) is 3.32. The van der Waals surface area contributed by atoms with Gasteiger partial charge in [0.05, 0.1) is 10.5 Å². The lowest BCUT2D eigenvalue weighted by Crippen LogP contribution is -2.65. The summed E-state index contributed by atoms with van der Waals surface area (Å²) in [5, 5.41) is 14.3. The summed E-state index contributed by atoms with van der Waals surface area (Å²) in [4.78, 5) is 14.1. The van der Waals surface area contributed by atoms with Crippen molar-refractivity contribution in [2.24, 2.45) is 17.8 Å². The summed E-state index contributed by atoms with van der Waals surface area (Å²) >= 11 is 0. The Hall–Kier alpha value is -2.22. The van der Waals surface area contributed by atoms with E-state index in [1.54, 1.807) is 12.1 Å². The lowest BCUT2D eigenvalue weighted by molar-refractivity contribution is -0.150. The maximum Gasteiger partial charge on any atom is 0.244 e. The number of rotatable bonds is 6. The Kier molecular flexibility index (Phi) is 5.82. The van der Waals surface area contributed by atoms with Gasteiger partial charge in [0.25, 0.3) is 0 Å². The molecular formula is C29H36N2O4S. The zero-order chi connectivity index (χ0) is 25.1. The van der Waals surface area contributed by atoms with Crippen molar-refractivity contribution in [1.82, 2.24) is 9.62 Å². The molecule has 2 unspecified atom stereocenters. The van der Waals surface area contributed by atoms with Crippen LogP contribution in [0.25, 0.3) is 11.1 Å². The molecule has 36 heavy (non-hydrogen) atoms. The highest BCUT2D eigenvalue weighted by atomic mass is 32.2. The van der Waals surface area contributed by atoms with Crippen LogP contribution in [-0.2, 0) is 14.8 Å². The van der Waals surface area contributed by atoms with Gasteiger partial charge < -0.3 is 10.4 Å². The van der Waals surface area contributed by atoms with Crippen LogP contribution in [0.2, 0.25) is 0 Å². The fraction of sp³-hybridized carbons (Fsp3) is 0.552. The van der Waals surface area contributed by atoms with Crippen LogP contribution in [0.1, 0.15) is 58.3 Å². The number of carbonyl (C=O) groups excluding carboxylic acids is 1. The summed E-state index contributed by atoms with van der Waals surface area (Å²) in [5.41, 5.74) is 0.362. The van der Waals surface area contributed by atoms with E-state index in [4.69, 9.17) is 0 Å². The molecule has 5 fully saturated rings. The minimum absolute atomic E-state index is 0.0352. The van der Waals surface area contributed by atoms with E-state index in [0.29, 0.717) is 31.7 Å². The molecule has 7 heteroatoms. The van der Waals surface area contributed by atoms with Crippen molar-refractivity contribution >= 4 is 15.9 Å². The number of hydrogen-bond acceptors (Lipinski definition) is 4. The van der Waals surface area contributed by atoms with Crippen molar-refractivity contribution in [3.05, 3.63) is 54.6 Å². The molecule has 2 aromatic rings. The fourth-order valence-corrected chi connectivity index (χ4v) is 9.89. The standard InChI is InChI=1S/C29H36N2O4S/c1-2-29(27(32)30-26-23-15-20-16-24(26)19-28(33,17-20)18-23)13-6-14-31(29)36(34,35)25-11-9-22(10-12-25)21-7-4-3-5-8-21/h3-5,7-12,20,23-24,26,33H,2,6,13-19H2,1H3,(H,30,32)/t20?,23?,24?,26?,28?,29-/m1/s1. The molecule has 7 rings (SSSR count). The van der Waals surface area contributed by atoms with E-state index in [1.807, 2.05) is 49.4 Å². The minimum Gasteiger partial charge on any atom is -0.390 e. The number of benzene rings is 2. The van der Waals surface area contributed by atoms with Crippen molar-refractivity contribution in [1.29, 1.82) is 0 Å². The van der Waals surface area contributed by atoms with Crippen molar-refractivity contribution < 1.29 is 18.3 Å². The number of nitrogens with zero attached hydrogens (tertiary/aromatic N) is 1. The molecule has 4 saturated carbocycles. The highest BCUT2D eigenvalue weighted by Crippen LogP contribution is 2.56. The average molecular weight is 509 g/mol. The Morgan fingerprint density at radius 1 is 1.00 bits per heavy atom. The lowest BCUT2D eigenvalue weighted by atomic mass is 9.52. The largest absolute Gasteiger partial charge is 0.390 e. The van der Waals surface area contributed by atoms with Gasteiger partial charge >= 0.3 is 0 Å². The molecule has 4 aliphatic carbocycles. The number of sulfonamides is 1. The van der Waals surface area contributed by atoms with E-state index in [9.17, 15) is 18.3 Å². The quantitative estimate of drug-likeness (QED) is 0.608. The van der Waals surface area contributed by atoms with Crippen LogP contribution in [-0.4, -0.2) is 47.5 Å². The third-order valence-electron chi connectivity index (χ3n) is 9.52. The summed E-state index contributed by atoms with van der Waals surface area (Å²) in [7, 11) is -3.84. The predicted molar refractivity (Wildman–Crippen MR) is 138 cm³/mol. The van der Waals surface area contributed by atoms with Crippen molar-refractivity contribution in [3.8, 4) is 11.1 Å². The maximum atomic E-state index is 13.9. The first-order valence-corrected chi connectivity index (χ1v) is 14.9. The monoisotopic (exact) mass is 508 g/mol. The van der Waals surface area contributed by atoms with Crippen molar-refractivity contribution in [2.75, 3.05) is 6.54 Å². The SMILES string of the molecule is CC[C@]1(C(=O)NC2C3CC4CC2CC(O)(C4)C3)CCCN1S(=O)(=O)c1ccc(-c2ccccc2)cc1. The number of aliphatic hydroxyl groups is 1. The van der Waals surface area contributed by atoms with Crippen LogP contribution < -0.4 is 5.32 Å². The van der Waals surface area contributed by atoms with E-state index >= 15 is 0 Å². The second-order valence-electron chi connectivity index (χ2n) is 11.6. The summed E-state index contributed by atoms with van der Waals surface area (Å²) < 4.78 is 29.2. The molecule has 2 aromatic carbocycles. The van der Waals surface area contributed by atoms with Gasteiger partial charge in [-0.2, -0.15) is 4.31 Å². The Morgan fingerprint density at radius 2 is 1.64 bits per heavy atom. The van der Waals surface area contributed by atoms with Gasteiger partial charge in [0.2, 0.25) is 15.9 Å². The van der Waals surface area contributed by atoms with Crippen molar-refractivity contribution in [2.45, 2.75) is 80.4 Å². The molecule has 3 atom stereocenters. The molecule has 6 nitrogen and oxygen atoms in total.